The second kappa shape index (κ2) is 8.03. The van der Waals surface area contributed by atoms with E-state index in [1.54, 1.807) is 20.8 Å². The van der Waals surface area contributed by atoms with Gasteiger partial charge in [-0.1, -0.05) is 13.5 Å². The van der Waals surface area contributed by atoms with Gasteiger partial charge in [0.2, 0.25) is 0 Å². The van der Waals surface area contributed by atoms with Crippen molar-refractivity contribution in [2.45, 2.75) is 64.6 Å². The van der Waals surface area contributed by atoms with E-state index in [-0.39, 0.29) is 11.7 Å². The van der Waals surface area contributed by atoms with E-state index >= 15 is 0 Å². The molecule has 0 amide bonds. The molecule has 0 spiro atoms. The number of carbonyl (C=O) groups excluding carboxylic acids is 1. The largest absolute Gasteiger partial charge is 0.390 e. The maximum Gasteiger partial charge on any atom is 0.190 e. The molecule has 0 aromatic carbocycles. The van der Waals surface area contributed by atoms with Crippen molar-refractivity contribution in [1.29, 1.82) is 0 Å². The summed E-state index contributed by atoms with van der Waals surface area (Å²) in [6, 6.07) is 0. The number of unbranched alkanes of at least 4 members (excludes halogenated alkanes) is 1. The van der Waals surface area contributed by atoms with Crippen molar-refractivity contribution in [1.82, 2.24) is 0 Å². The Hall–Kier alpha value is -0.380. The Balaban J connectivity index is 4.19. The van der Waals surface area contributed by atoms with E-state index in [1.807, 2.05) is 6.92 Å². The molecule has 0 heterocycles. The fourth-order valence-electron chi connectivity index (χ4n) is 1.72. The van der Waals surface area contributed by atoms with Gasteiger partial charge in [0.05, 0.1) is 11.5 Å². The Labute approximate surface area is 122 Å². The van der Waals surface area contributed by atoms with Crippen LogP contribution in [0.1, 0.15) is 53.4 Å². The summed E-state index contributed by atoms with van der Waals surface area (Å²) in [7, 11) is 0. The molecular weight excluding hydrogens is 264 g/mol. The third-order valence-electron chi connectivity index (χ3n) is 3.24. The smallest absolute Gasteiger partial charge is 0.190 e. The highest BCUT2D eigenvalue weighted by Crippen LogP contribution is 2.22. The summed E-state index contributed by atoms with van der Waals surface area (Å²) in [4.78, 5) is 12.1. The molecule has 0 radical (unpaired) electrons. The first-order chi connectivity index (χ1) is 8.66. The first-order valence-electron chi connectivity index (χ1n) is 6.81. The predicted molar refractivity (Wildman–Crippen MR) is 79.7 cm³/mol. The minimum Gasteiger partial charge on any atom is -0.390 e. The molecule has 1 N–H and O–H groups in total. The van der Waals surface area contributed by atoms with Crippen molar-refractivity contribution >= 4 is 17.4 Å². The molecule has 19 heavy (non-hydrogen) atoms. The number of ketones is 1. The summed E-state index contributed by atoms with van der Waals surface area (Å²) in [5.74, 6) is 0.0173. The third kappa shape index (κ3) is 7.09. The van der Waals surface area contributed by atoms with Gasteiger partial charge in [0.15, 0.2) is 5.78 Å². The lowest BCUT2D eigenvalue weighted by Gasteiger charge is -2.28. The Morgan fingerprint density at radius 1 is 1.32 bits per heavy atom. The van der Waals surface area contributed by atoms with Gasteiger partial charge >= 0.3 is 0 Å². The molecule has 0 aliphatic carbocycles. The van der Waals surface area contributed by atoms with E-state index < -0.39 is 11.2 Å². The molecule has 0 aliphatic rings. The Bertz CT molecular complexity index is 307. The van der Waals surface area contributed by atoms with Gasteiger partial charge in [0.1, 0.15) is 5.60 Å². The van der Waals surface area contributed by atoms with Crippen molar-refractivity contribution in [2.75, 3.05) is 12.5 Å². The fourth-order valence-corrected chi connectivity index (χ4v) is 1.84. The number of carbonyl (C=O) groups is 1. The fraction of sp³-hybridized carbons (Fsp3) is 0.800. The average molecular weight is 291 g/mol. The van der Waals surface area contributed by atoms with Crippen LogP contribution in [0.25, 0.3) is 0 Å². The number of Topliss-reactive ketones (excluding diaryl/α,β-unsaturated/α-hetero) is 1. The topological polar surface area (TPSA) is 46.5 Å². The van der Waals surface area contributed by atoms with Gasteiger partial charge in [-0.2, -0.15) is 0 Å². The van der Waals surface area contributed by atoms with Gasteiger partial charge in [-0.05, 0) is 46.5 Å². The number of ether oxygens (including phenoxy) is 1. The number of halogens is 1. The SMILES string of the molecule is C=C(CCl)C(=O)C(C)(CC)OCCCCC(C)(C)O. The Morgan fingerprint density at radius 3 is 2.32 bits per heavy atom. The summed E-state index contributed by atoms with van der Waals surface area (Å²) in [5.41, 5.74) is -1.08. The van der Waals surface area contributed by atoms with Crippen LogP contribution in [0.4, 0.5) is 0 Å². The lowest BCUT2D eigenvalue weighted by Crippen LogP contribution is -2.39. The number of alkyl halides is 1. The highest BCUT2D eigenvalue weighted by Gasteiger charge is 2.33. The zero-order chi connectivity index (χ0) is 15.1. The van der Waals surface area contributed by atoms with Crippen LogP contribution in [0.5, 0.6) is 0 Å². The van der Waals surface area contributed by atoms with Crippen molar-refractivity contribution in [2.24, 2.45) is 0 Å². The molecule has 0 rings (SSSR count). The van der Waals surface area contributed by atoms with E-state index in [9.17, 15) is 9.90 Å². The third-order valence-corrected chi connectivity index (χ3v) is 3.56. The lowest BCUT2D eigenvalue weighted by molar-refractivity contribution is -0.139. The van der Waals surface area contributed by atoms with Gasteiger partial charge in [-0.25, -0.2) is 0 Å². The van der Waals surface area contributed by atoms with Gasteiger partial charge in [0.25, 0.3) is 0 Å². The number of hydrogen-bond acceptors (Lipinski definition) is 3. The van der Waals surface area contributed by atoms with Crippen LogP contribution in [-0.4, -0.2) is 34.6 Å². The van der Waals surface area contributed by atoms with Crippen LogP contribution in [-0.2, 0) is 9.53 Å². The molecule has 0 fully saturated rings. The van der Waals surface area contributed by atoms with Crippen LogP contribution < -0.4 is 0 Å². The van der Waals surface area contributed by atoms with E-state index in [0.717, 1.165) is 19.3 Å². The minimum atomic E-state index is -0.833. The first kappa shape index (κ1) is 18.6. The summed E-state index contributed by atoms with van der Waals surface area (Å²) in [5, 5.41) is 9.59. The molecule has 1 unspecified atom stereocenters. The van der Waals surface area contributed by atoms with E-state index in [1.165, 1.54) is 0 Å². The Morgan fingerprint density at radius 2 is 1.89 bits per heavy atom. The van der Waals surface area contributed by atoms with Crippen molar-refractivity contribution < 1.29 is 14.6 Å². The minimum absolute atomic E-state index is 0.118. The summed E-state index contributed by atoms with van der Waals surface area (Å²) >= 11 is 5.64. The number of hydrogen-bond donors (Lipinski definition) is 1. The summed E-state index contributed by atoms with van der Waals surface area (Å²) < 4.78 is 5.73. The lowest BCUT2D eigenvalue weighted by atomic mass is 9.93. The highest BCUT2D eigenvalue weighted by molar-refractivity contribution is 6.23. The molecule has 1 atom stereocenters. The van der Waals surface area contributed by atoms with Crippen molar-refractivity contribution in [3.8, 4) is 0 Å². The standard InChI is InChI=1S/C15H27ClO3/c1-6-15(5,13(17)12(2)11-16)19-10-8-7-9-14(3,4)18/h18H,2,6-11H2,1,3-5H3. The molecule has 0 aromatic rings. The molecule has 0 aromatic heterocycles. The van der Waals surface area contributed by atoms with Gasteiger partial charge in [0, 0.05) is 12.2 Å². The molecule has 0 saturated carbocycles. The molecule has 112 valence electrons. The van der Waals surface area contributed by atoms with Gasteiger partial charge in [-0.15, -0.1) is 11.6 Å². The van der Waals surface area contributed by atoms with E-state index in [4.69, 9.17) is 16.3 Å². The number of aliphatic hydroxyl groups is 1. The second-order valence-electron chi connectivity index (χ2n) is 5.77. The zero-order valence-corrected chi connectivity index (χ0v) is 13.3. The van der Waals surface area contributed by atoms with Crippen LogP contribution >= 0.6 is 11.6 Å². The summed E-state index contributed by atoms with van der Waals surface area (Å²) in [6.07, 6.45) is 3.00. The molecule has 4 heteroatoms. The molecular formula is C15H27ClO3. The van der Waals surface area contributed by atoms with Gasteiger partial charge in [-0.3, -0.25) is 4.79 Å². The van der Waals surface area contributed by atoms with Crippen molar-refractivity contribution in [3.63, 3.8) is 0 Å². The summed E-state index contributed by atoms with van der Waals surface area (Å²) in [6.45, 7) is 11.4. The second-order valence-corrected chi connectivity index (χ2v) is 6.04. The normalized spacial score (nSPS) is 15.1. The predicted octanol–water partition coefficient (Wildman–Crippen LogP) is 3.48. The maximum atomic E-state index is 12.1. The van der Waals surface area contributed by atoms with Crippen LogP contribution in [0, 0.1) is 0 Å². The van der Waals surface area contributed by atoms with E-state index in [0.29, 0.717) is 18.6 Å². The maximum absolute atomic E-state index is 12.1. The van der Waals surface area contributed by atoms with Crippen molar-refractivity contribution in [3.05, 3.63) is 12.2 Å². The van der Waals surface area contributed by atoms with Crippen LogP contribution in [0.2, 0.25) is 0 Å². The monoisotopic (exact) mass is 290 g/mol. The quantitative estimate of drug-likeness (QED) is 0.381. The zero-order valence-electron chi connectivity index (χ0n) is 12.6. The molecule has 0 bridgehead atoms. The van der Waals surface area contributed by atoms with E-state index in [2.05, 4.69) is 6.58 Å². The van der Waals surface area contributed by atoms with Crippen LogP contribution in [0.15, 0.2) is 12.2 Å². The highest BCUT2D eigenvalue weighted by atomic mass is 35.5. The first-order valence-corrected chi connectivity index (χ1v) is 7.34. The van der Waals surface area contributed by atoms with Gasteiger partial charge < -0.3 is 9.84 Å². The molecule has 0 saturated heterocycles. The number of rotatable bonds is 10. The Kier molecular flexibility index (Phi) is 7.87. The average Bonchev–Trinajstić information content (AvgIpc) is 2.34. The molecule has 3 nitrogen and oxygen atoms in total. The van der Waals surface area contributed by atoms with Crippen LogP contribution in [0.3, 0.4) is 0 Å². The molecule has 0 aliphatic heterocycles.